The molecule has 8 nitrogen and oxygen atoms in total. The Kier molecular flexibility index (Phi) is 6.73. The summed E-state index contributed by atoms with van der Waals surface area (Å²) in [5.74, 6) is -0.184. The molecule has 1 saturated heterocycles. The van der Waals surface area contributed by atoms with E-state index in [4.69, 9.17) is 5.73 Å². The average molecular weight is 426 g/mol. The van der Waals surface area contributed by atoms with E-state index >= 15 is 0 Å². The first-order valence-electron chi connectivity index (χ1n) is 9.38. The fraction of sp³-hybridized carbons (Fsp3) is 0.238. The Morgan fingerprint density at radius 1 is 1.07 bits per heavy atom. The molecule has 2 N–H and O–H groups in total. The number of hydrogen-bond donors (Lipinski definition) is 1. The minimum absolute atomic E-state index is 0.000157. The van der Waals surface area contributed by atoms with E-state index in [2.05, 4.69) is 0 Å². The van der Waals surface area contributed by atoms with Crippen LogP contribution in [0.5, 0.6) is 0 Å². The van der Waals surface area contributed by atoms with Crippen LogP contribution in [0.1, 0.15) is 12.5 Å². The van der Waals surface area contributed by atoms with Crippen LogP contribution < -0.4 is 5.73 Å². The lowest BCUT2D eigenvalue weighted by Gasteiger charge is -2.33. The molecule has 1 fully saturated rings. The summed E-state index contributed by atoms with van der Waals surface area (Å²) in [5, 5.41) is 11.5. The summed E-state index contributed by atoms with van der Waals surface area (Å²) in [6.07, 6.45) is 2.97. The first kappa shape index (κ1) is 21.4. The van der Waals surface area contributed by atoms with E-state index < -0.39 is 4.92 Å². The smallest absolute Gasteiger partial charge is 0.283 e. The summed E-state index contributed by atoms with van der Waals surface area (Å²) in [4.78, 5) is 39.5. The molecule has 1 aliphatic heterocycles. The van der Waals surface area contributed by atoms with Crippen molar-refractivity contribution < 1.29 is 14.5 Å². The van der Waals surface area contributed by atoms with Gasteiger partial charge in [0, 0.05) is 55.8 Å². The molecule has 2 amide bonds. The molecule has 0 spiro atoms. The number of nitrogens with zero attached hydrogens (tertiary/aromatic N) is 3. The van der Waals surface area contributed by atoms with Crippen LogP contribution in [-0.2, 0) is 9.59 Å². The van der Waals surface area contributed by atoms with E-state index in [0.717, 1.165) is 4.90 Å². The number of rotatable bonds is 5. The van der Waals surface area contributed by atoms with Gasteiger partial charge in [-0.25, -0.2) is 0 Å². The maximum Gasteiger partial charge on any atom is 0.283 e. The second-order valence-corrected chi connectivity index (χ2v) is 7.87. The standard InChI is InChI=1S/C21H22N4O4S/c1-15(26)23-10-12-24(13-11-23)21(27)9-7-16-6-8-20(18(14-16)25(28)29)30-19-5-3-2-4-17(19)22/h2-9,14H,10-13,22H2,1H3/b9-7+. The number of nitro benzene ring substituents is 1. The molecule has 0 saturated carbocycles. The quantitative estimate of drug-likeness (QED) is 0.341. The van der Waals surface area contributed by atoms with Crippen LogP contribution in [0, 0.1) is 10.1 Å². The van der Waals surface area contributed by atoms with E-state index in [1.54, 1.807) is 40.1 Å². The Balaban J connectivity index is 1.71. The summed E-state index contributed by atoms with van der Waals surface area (Å²) in [5.41, 5.74) is 7.00. The third kappa shape index (κ3) is 5.18. The van der Waals surface area contributed by atoms with Crippen molar-refractivity contribution in [3.63, 3.8) is 0 Å². The van der Waals surface area contributed by atoms with Gasteiger partial charge in [-0.05, 0) is 29.8 Å². The molecule has 3 rings (SSSR count). The molecule has 9 heteroatoms. The molecule has 0 aromatic heterocycles. The van der Waals surface area contributed by atoms with Gasteiger partial charge in [-0.2, -0.15) is 0 Å². The highest BCUT2D eigenvalue weighted by Crippen LogP contribution is 2.37. The zero-order valence-corrected chi connectivity index (χ0v) is 17.3. The Hall–Kier alpha value is -3.33. The lowest BCUT2D eigenvalue weighted by atomic mass is 10.2. The third-order valence-corrected chi connectivity index (χ3v) is 5.93. The molecular weight excluding hydrogens is 404 g/mol. The topological polar surface area (TPSA) is 110 Å². The van der Waals surface area contributed by atoms with Gasteiger partial charge >= 0.3 is 0 Å². The normalized spacial score (nSPS) is 14.2. The Morgan fingerprint density at radius 3 is 2.37 bits per heavy atom. The minimum Gasteiger partial charge on any atom is -0.398 e. The van der Waals surface area contributed by atoms with Crippen molar-refractivity contribution in [2.75, 3.05) is 31.9 Å². The van der Waals surface area contributed by atoms with Crippen LogP contribution in [0.2, 0.25) is 0 Å². The number of anilines is 1. The first-order valence-corrected chi connectivity index (χ1v) is 10.2. The highest BCUT2D eigenvalue weighted by molar-refractivity contribution is 7.99. The first-order chi connectivity index (χ1) is 14.3. The average Bonchev–Trinajstić information content (AvgIpc) is 2.74. The molecule has 30 heavy (non-hydrogen) atoms. The summed E-state index contributed by atoms with van der Waals surface area (Å²) in [6, 6.07) is 12.0. The third-order valence-electron chi connectivity index (χ3n) is 4.77. The van der Waals surface area contributed by atoms with Gasteiger partial charge in [0.2, 0.25) is 11.8 Å². The van der Waals surface area contributed by atoms with Gasteiger partial charge < -0.3 is 15.5 Å². The number of hydrogen-bond acceptors (Lipinski definition) is 6. The van der Waals surface area contributed by atoms with E-state index in [9.17, 15) is 19.7 Å². The zero-order chi connectivity index (χ0) is 21.7. The van der Waals surface area contributed by atoms with Crippen molar-refractivity contribution in [2.45, 2.75) is 16.7 Å². The van der Waals surface area contributed by atoms with Crippen LogP contribution in [0.15, 0.2) is 58.3 Å². The number of nitrogens with two attached hydrogens (primary N) is 1. The van der Waals surface area contributed by atoms with Gasteiger partial charge in [-0.3, -0.25) is 19.7 Å². The molecule has 156 valence electrons. The number of carbonyl (C=O) groups excluding carboxylic acids is 2. The Morgan fingerprint density at radius 2 is 1.73 bits per heavy atom. The maximum atomic E-state index is 12.4. The predicted molar refractivity (Wildman–Crippen MR) is 116 cm³/mol. The van der Waals surface area contributed by atoms with E-state index in [0.29, 0.717) is 42.3 Å². The molecule has 2 aromatic rings. The maximum absolute atomic E-state index is 12.4. The SMILES string of the molecule is CC(=O)N1CCN(C(=O)/C=C/c2ccc(Sc3ccccc3N)c([N+](=O)[O-])c2)CC1. The molecule has 0 radical (unpaired) electrons. The predicted octanol–water partition coefficient (Wildman–Crippen LogP) is 3.03. The van der Waals surface area contributed by atoms with Crippen LogP contribution in [0.25, 0.3) is 6.08 Å². The summed E-state index contributed by atoms with van der Waals surface area (Å²) in [6.45, 7) is 3.47. The summed E-state index contributed by atoms with van der Waals surface area (Å²) >= 11 is 1.23. The highest BCUT2D eigenvalue weighted by Gasteiger charge is 2.21. The molecule has 0 unspecified atom stereocenters. The number of carbonyl (C=O) groups is 2. The van der Waals surface area contributed by atoms with Gasteiger partial charge in [0.1, 0.15) is 0 Å². The summed E-state index contributed by atoms with van der Waals surface area (Å²) < 4.78 is 0. The van der Waals surface area contributed by atoms with Crippen molar-refractivity contribution in [1.29, 1.82) is 0 Å². The number of para-hydroxylation sites is 1. The van der Waals surface area contributed by atoms with Crippen LogP contribution in [0.4, 0.5) is 11.4 Å². The second kappa shape index (κ2) is 9.45. The lowest BCUT2D eigenvalue weighted by Crippen LogP contribution is -2.49. The van der Waals surface area contributed by atoms with Crippen LogP contribution in [-0.4, -0.2) is 52.7 Å². The molecule has 0 aliphatic carbocycles. The zero-order valence-electron chi connectivity index (χ0n) is 16.5. The number of amides is 2. The number of nitrogen functional groups attached to an aromatic ring is 1. The van der Waals surface area contributed by atoms with E-state index in [-0.39, 0.29) is 17.5 Å². The lowest BCUT2D eigenvalue weighted by molar-refractivity contribution is -0.387. The van der Waals surface area contributed by atoms with Crippen molar-refractivity contribution in [1.82, 2.24) is 9.80 Å². The molecule has 1 aliphatic rings. The Labute approximate surface area is 178 Å². The van der Waals surface area contributed by atoms with Crippen molar-refractivity contribution in [3.05, 3.63) is 64.2 Å². The van der Waals surface area contributed by atoms with Crippen LogP contribution in [0.3, 0.4) is 0 Å². The molecule has 0 bridgehead atoms. The van der Waals surface area contributed by atoms with Gasteiger partial charge in [0.15, 0.2) is 0 Å². The molecule has 2 aromatic carbocycles. The Bertz CT molecular complexity index is 1000. The number of benzene rings is 2. The van der Waals surface area contributed by atoms with Gasteiger partial charge in [0.05, 0.1) is 9.82 Å². The van der Waals surface area contributed by atoms with Crippen molar-refractivity contribution in [2.24, 2.45) is 0 Å². The van der Waals surface area contributed by atoms with E-state index in [1.807, 2.05) is 12.1 Å². The van der Waals surface area contributed by atoms with Gasteiger partial charge in [0.25, 0.3) is 5.69 Å². The fourth-order valence-corrected chi connectivity index (χ4v) is 4.02. The number of nitro groups is 1. The fourth-order valence-electron chi connectivity index (χ4n) is 3.07. The monoisotopic (exact) mass is 426 g/mol. The van der Waals surface area contributed by atoms with Gasteiger partial charge in [-0.1, -0.05) is 30.0 Å². The largest absolute Gasteiger partial charge is 0.398 e. The minimum atomic E-state index is -0.443. The second-order valence-electron chi connectivity index (χ2n) is 6.79. The highest BCUT2D eigenvalue weighted by atomic mass is 32.2. The van der Waals surface area contributed by atoms with E-state index in [1.165, 1.54) is 30.8 Å². The summed E-state index contributed by atoms with van der Waals surface area (Å²) in [7, 11) is 0. The molecule has 0 atom stereocenters. The molecular formula is C21H22N4O4S. The molecule has 1 heterocycles. The van der Waals surface area contributed by atoms with Gasteiger partial charge in [-0.15, -0.1) is 0 Å². The number of piperazine rings is 1. The van der Waals surface area contributed by atoms with Crippen molar-refractivity contribution in [3.8, 4) is 0 Å². The van der Waals surface area contributed by atoms with Crippen LogP contribution >= 0.6 is 11.8 Å². The van der Waals surface area contributed by atoms with Crippen molar-refractivity contribution >= 4 is 41.0 Å².